The molecule has 0 fully saturated rings. The maximum Gasteiger partial charge on any atom is 0.416 e. The Labute approximate surface area is 193 Å². The van der Waals surface area contributed by atoms with Crippen LogP contribution >= 0.6 is 11.6 Å². The molecule has 174 valence electrons. The number of sulfonamides is 1. The first-order valence-electron chi connectivity index (χ1n) is 9.43. The Morgan fingerprint density at radius 1 is 1.03 bits per heavy atom. The van der Waals surface area contributed by atoms with Gasteiger partial charge in [-0.2, -0.15) is 13.2 Å². The van der Waals surface area contributed by atoms with Gasteiger partial charge in [-0.1, -0.05) is 23.7 Å². The summed E-state index contributed by atoms with van der Waals surface area (Å²) in [5.41, 5.74) is 0.157. The molecule has 33 heavy (non-hydrogen) atoms. The van der Waals surface area contributed by atoms with E-state index >= 15 is 0 Å². The second-order valence-electron chi connectivity index (χ2n) is 6.95. The first-order chi connectivity index (χ1) is 15.4. The van der Waals surface area contributed by atoms with Crippen molar-refractivity contribution < 1.29 is 31.1 Å². The first-order valence-corrected chi connectivity index (χ1v) is 11.3. The number of amides is 1. The molecular weight excluding hydrogens is 481 g/mol. The van der Waals surface area contributed by atoms with Gasteiger partial charge in [-0.25, -0.2) is 8.42 Å². The van der Waals surface area contributed by atoms with Crippen LogP contribution in [0.5, 0.6) is 5.75 Å². The molecule has 0 aliphatic rings. The van der Waals surface area contributed by atoms with Gasteiger partial charge in [0.15, 0.2) is 6.61 Å². The zero-order chi connectivity index (χ0) is 24.2. The Bertz CT molecular complexity index is 1260. The standard InChI is InChI=1S/C22H18ClF3N2O4S/c1-14-5-6-16(23)12-20(14)27-21(29)13-32-18-7-9-19(10-8-18)33(30,31)28-17-4-2-3-15(11-17)22(24,25)26/h2-12,28H,13H2,1H3,(H,27,29). The molecule has 0 aliphatic carbocycles. The van der Waals surface area contributed by atoms with E-state index in [-0.39, 0.29) is 22.9 Å². The summed E-state index contributed by atoms with van der Waals surface area (Å²) in [7, 11) is -4.14. The molecule has 0 saturated heterocycles. The summed E-state index contributed by atoms with van der Waals surface area (Å²) in [6.45, 7) is 1.47. The van der Waals surface area contributed by atoms with Crippen molar-refractivity contribution in [2.45, 2.75) is 18.0 Å². The summed E-state index contributed by atoms with van der Waals surface area (Å²) < 4.78 is 71.0. The van der Waals surface area contributed by atoms with E-state index in [1.165, 1.54) is 30.3 Å². The molecule has 11 heteroatoms. The molecule has 0 heterocycles. The molecule has 0 atom stereocenters. The third-order valence-corrected chi connectivity index (χ3v) is 6.05. The molecule has 3 aromatic rings. The topological polar surface area (TPSA) is 84.5 Å². The molecule has 0 bridgehead atoms. The van der Waals surface area contributed by atoms with Crippen molar-refractivity contribution in [1.29, 1.82) is 0 Å². The number of halogens is 4. The molecule has 0 aromatic heterocycles. The fraction of sp³-hybridized carbons (Fsp3) is 0.136. The van der Waals surface area contributed by atoms with Gasteiger partial charge in [0, 0.05) is 16.4 Å². The van der Waals surface area contributed by atoms with E-state index < -0.39 is 27.7 Å². The van der Waals surface area contributed by atoms with E-state index in [1.54, 1.807) is 25.1 Å². The van der Waals surface area contributed by atoms with Crippen molar-refractivity contribution in [2.24, 2.45) is 0 Å². The van der Waals surface area contributed by atoms with E-state index in [9.17, 15) is 26.4 Å². The summed E-state index contributed by atoms with van der Waals surface area (Å²) >= 11 is 5.92. The van der Waals surface area contributed by atoms with Crippen LogP contribution in [0.4, 0.5) is 24.5 Å². The molecule has 0 unspecified atom stereocenters. The normalized spacial score (nSPS) is 11.7. The predicted molar refractivity (Wildman–Crippen MR) is 119 cm³/mol. The van der Waals surface area contributed by atoms with Gasteiger partial charge in [-0.3, -0.25) is 9.52 Å². The number of ether oxygens (including phenoxy) is 1. The van der Waals surface area contributed by atoms with Gasteiger partial charge in [0.25, 0.3) is 15.9 Å². The average Bonchev–Trinajstić information content (AvgIpc) is 2.74. The van der Waals surface area contributed by atoms with Gasteiger partial charge in [0.2, 0.25) is 0 Å². The molecule has 3 aromatic carbocycles. The lowest BCUT2D eigenvalue weighted by Gasteiger charge is -2.12. The second-order valence-corrected chi connectivity index (χ2v) is 9.07. The number of carbonyl (C=O) groups is 1. The maximum atomic E-state index is 12.8. The highest BCUT2D eigenvalue weighted by Gasteiger charge is 2.30. The molecule has 0 spiro atoms. The van der Waals surface area contributed by atoms with Crippen LogP contribution < -0.4 is 14.8 Å². The molecule has 0 aliphatic heterocycles. The smallest absolute Gasteiger partial charge is 0.416 e. The van der Waals surface area contributed by atoms with Gasteiger partial charge >= 0.3 is 6.18 Å². The van der Waals surface area contributed by atoms with Crippen molar-refractivity contribution in [3.05, 3.63) is 82.9 Å². The molecule has 2 N–H and O–H groups in total. The van der Waals surface area contributed by atoms with Crippen molar-refractivity contribution >= 4 is 38.9 Å². The lowest BCUT2D eigenvalue weighted by Crippen LogP contribution is -2.20. The van der Waals surface area contributed by atoms with Gasteiger partial charge in [0.1, 0.15) is 5.75 Å². The summed E-state index contributed by atoms with van der Waals surface area (Å²) in [6, 6.07) is 14.0. The lowest BCUT2D eigenvalue weighted by molar-refractivity contribution is -0.137. The molecule has 0 saturated carbocycles. The van der Waals surface area contributed by atoms with E-state index in [0.29, 0.717) is 16.8 Å². The Kier molecular flexibility index (Phi) is 7.19. The zero-order valence-corrected chi connectivity index (χ0v) is 18.7. The number of alkyl halides is 3. The third-order valence-electron chi connectivity index (χ3n) is 4.42. The third kappa shape index (κ3) is 6.62. The number of nitrogens with one attached hydrogen (secondary N) is 2. The number of benzene rings is 3. The Morgan fingerprint density at radius 3 is 2.39 bits per heavy atom. The highest BCUT2D eigenvalue weighted by molar-refractivity contribution is 7.92. The maximum absolute atomic E-state index is 12.8. The van der Waals surface area contributed by atoms with Crippen LogP contribution in [-0.2, 0) is 21.0 Å². The summed E-state index contributed by atoms with van der Waals surface area (Å²) in [5.74, 6) is -0.214. The summed E-state index contributed by atoms with van der Waals surface area (Å²) in [4.78, 5) is 11.9. The molecule has 1 amide bonds. The second kappa shape index (κ2) is 9.72. The van der Waals surface area contributed by atoms with Crippen LogP contribution in [0, 0.1) is 6.92 Å². The highest BCUT2D eigenvalue weighted by Crippen LogP contribution is 2.31. The Balaban J connectivity index is 1.62. The van der Waals surface area contributed by atoms with Crippen molar-refractivity contribution in [3.8, 4) is 5.75 Å². The van der Waals surface area contributed by atoms with E-state index in [4.69, 9.17) is 16.3 Å². The quantitative estimate of drug-likeness (QED) is 0.451. The lowest BCUT2D eigenvalue weighted by atomic mass is 10.2. The van der Waals surface area contributed by atoms with Crippen molar-refractivity contribution in [2.75, 3.05) is 16.6 Å². The highest BCUT2D eigenvalue weighted by atomic mass is 35.5. The van der Waals surface area contributed by atoms with Crippen LogP contribution in [0.3, 0.4) is 0 Å². The van der Waals surface area contributed by atoms with Crippen molar-refractivity contribution in [3.63, 3.8) is 0 Å². The Hall–Kier alpha value is -3.24. The van der Waals surface area contributed by atoms with Gasteiger partial charge in [0.05, 0.1) is 10.5 Å². The first kappa shape index (κ1) is 24.4. The SMILES string of the molecule is Cc1ccc(Cl)cc1NC(=O)COc1ccc(S(=O)(=O)Nc2cccc(C(F)(F)F)c2)cc1. The molecule has 6 nitrogen and oxygen atoms in total. The van der Waals surface area contributed by atoms with E-state index in [2.05, 4.69) is 10.0 Å². The number of rotatable bonds is 7. The zero-order valence-electron chi connectivity index (χ0n) is 17.1. The number of aryl methyl sites for hydroxylation is 1. The molecule has 3 rings (SSSR count). The minimum Gasteiger partial charge on any atom is -0.484 e. The predicted octanol–water partition coefficient (Wildman–Crippen LogP) is 5.49. The van der Waals surface area contributed by atoms with Crippen LogP contribution in [0.1, 0.15) is 11.1 Å². The minimum absolute atomic E-state index is 0.189. The fourth-order valence-corrected chi connectivity index (χ4v) is 3.97. The number of anilines is 2. The number of carbonyl (C=O) groups excluding carboxylic acids is 1. The largest absolute Gasteiger partial charge is 0.484 e. The van der Waals surface area contributed by atoms with Crippen LogP contribution in [0.25, 0.3) is 0 Å². The number of hydrogen-bond acceptors (Lipinski definition) is 4. The fourth-order valence-electron chi connectivity index (χ4n) is 2.75. The van der Waals surface area contributed by atoms with Crippen molar-refractivity contribution in [1.82, 2.24) is 0 Å². The van der Waals surface area contributed by atoms with E-state index in [0.717, 1.165) is 17.7 Å². The summed E-state index contributed by atoms with van der Waals surface area (Å²) in [5, 5.41) is 3.13. The van der Waals surface area contributed by atoms with Crippen LogP contribution in [0.15, 0.2) is 71.6 Å². The van der Waals surface area contributed by atoms with Gasteiger partial charge in [-0.15, -0.1) is 0 Å². The van der Waals surface area contributed by atoms with Crippen LogP contribution in [0.2, 0.25) is 5.02 Å². The van der Waals surface area contributed by atoms with Gasteiger partial charge < -0.3 is 10.1 Å². The molecule has 0 radical (unpaired) electrons. The van der Waals surface area contributed by atoms with E-state index in [1.807, 2.05) is 0 Å². The summed E-state index contributed by atoms with van der Waals surface area (Å²) in [6.07, 6.45) is -4.60. The monoisotopic (exact) mass is 498 g/mol. The van der Waals surface area contributed by atoms with Gasteiger partial charge in [-0.05, 0) is 67.1 Å². The molecular formula is C22H18ClF3N2O4S. The minimum atomic E-state index is -4.60. The van der Waals surface area contributed by atoms with Crippen LogP contribution in [-0.4, -0.2) is 20.9 Å². The Morgan fingerprint density at radius 2 is 1.73 bits per heavy atom. The average molecular weight is 499 g/mol. The number of hydrogen-bond donors (Lipinski definition) is 2.